The van der Waals surface area contributed by atoms with Gasteiger partial charge < -0.3 is 10.6 Å². The Bertz CT molecular complexity index is 565. The number of pyridine rings is 1. The third-order valence-corrected chi connectivity index (χ3v) is 2.72. The summed E-state index contributed by atoms with van der Waals surface area (Å²) in [7, 11) is 0. The molecule has 0 fully saturated rings. The Labute approximate surface area is 119 Å². The van der Waals surface area contributed by atoms with Gasteiger partial charge in [-0.1, -0.05) is 11.8 Å². The molecule has 5 heteroatoms. The molecular weight excluding hydrogens is 252 g/mol. The van der Waals surface area contributed by atoms with E-state index < -0.39 is 0 Å². The monoisotopic (exact) mass is 270 g/mol. The molecule has 104 valence electrons. The molecule has 1 aromatic heterocycles. The Morgan fingerprint density at radius 3 is 2.95 bits per heavy atom. The lowest BCUT2D eigenvalue weighted by molar-refractivity contribution is 0.0746. The summed E-state index contributed by atoms with van der Waals surface area (Å²) in [5.74, 6) is 5.14. The lowest BCUT2D eigenvalue weighted by Crippen LogP contribution is -2.35. The first-order valence-electron chi connectivity index (χ1n) is 6.46. The molecule has 0 radical (unpaired) electrons. The van der Waals surface area contributed by atoms with Gasteiger partial charge in [-0.15, -0.1) is 0 Å². The Morgan fingerprint density at radius 2 is 2.35 bits per heavy atom. The van der Waals surface area contributed by atoms with E-state index in [0.29, 0.717) is 24.3 Å². The number of carbonyl (C=O) groups excluding carboxylic acids is 1. The van der Waals surface area contributed by atoms with Gasteiger partial charge in [0.15, 0.2) is 0 Å². The van der Waals surface area contributed by atoms with Crippen molar-refractivity contribution in [2.24, 2.45) is 11.7 Å². The molecular formula is C15H18N4O. The minimum Gasteiger partial charge on any atom is -0.336 e. The van der Waals surface area contributed by atoms with Gasteiger partial charge in [0, 0.05) is 19.3 Å². The number of aromatic nitrogens is 1. The second kappa shape index (κ2) is 7.93. The zero-order valence-electron chi connectivity index (χ0n) is 11.8. The number of hydrogen-bond acceptors (Lipinski definition) is 4. The predicted molar refractivity (Wildman–Crippen MR) is 76.5 cm³/mol. The summed E-state index contributed by atoms with van der Waals surface area (Å²) in [6.07, 6.45) is 1.56. The second-order valence-corrected chi connectivity index (χ2v) is 4.28. The molecule has 0 spiro atoms. The Balaban J connectivity index is 3.04. The third kappa shape index (κ3) is 4.08. The summed E-state index contributed by atoms with van der Waals surface area (Å²) in [4.78, 5) is 18.2. The zero-order chi connectivity index (χ0) is 15.0. The molecule has 1 amide bonds. The van der Waals surface area contributed by atoms with Crippen molar-refractivity contribution in [2.45, 2.75) is 13.8 Å². The summed E-state index contributed by atoms with van der Waals surface area (Å²) >= 11 is 0. The van der Waals surface area contributed by atoms with Crippen LogP contribution in [0.1, 0.15) is 29.9 Å². The van der Waals surface area contributed by atoms with E-state index in [4.69, 9.17) is 11.0 Å². The SMILES string of the molecule is CCN(CC(C)C#N)C(=O)c1ncccc1C#CCN. The number of amides is 1. The quantitative estimate of drug-likeness (QED) is 0.828. The molecule has 0 bridgehead atoms. The van der Waals surface area contributed by atoms with Crippen molar-refractivity contribution in [1.29, 1.82) is 5.26 Å². The van der Waals surface area contributed by atoms with E-state index in [0.717, 1.165) is 0 Å². The predicted octanol–water partition coefficient (Wildman–Crippen LogP) is 1.01. The van der Waals surface area contributed by atoms with Crippen LogP contribution in [0.5, 0.6) is 0 Å². The van der Waals surface area contributed by atoms with E-state index in [2.05, 4.69) is 22.9 Å². The normalized spacial score (nSPS) is 10.9. The summed E-state index contributed by atoms with van der Waals surface area (Å²) < 4.78 is 0. The largest absolute Gasteiger partial charge is 0.336 e. The van der Waals surface area contributed by atoms with Crippen molar-refractivity contribution in [2.75, 3.05) is 19.6 Å². The van der Waals surface area contributed by atoms with Crippen molar-refractivity contribution < 1.29 is 4.79 Å². The summed E-state index contributed by atoms with van der Waals surface area (Å²) in [6, 6.07) is 5.59. The maximum Gasteiger partial charge on any atom is 0.273 e. The van der Waals surface area contributed by atoms with Crippen LogP contribution in [0.2, 0.25) is 0 Å². The minimum absolute atomic E-state index is 0.212. The van der Waals surface area contributed by atoms with Gasteiger partial charge in [-0.2, -0.15) is 5.26 Å². The number of rotatable bonds is 4. The van der Waals surface area contributed by atoms with Crippen molar-refractivity contribution in [1.82, 2.24) is 9.88 Å². The van der Waals surface area contributed by atoms with Crippen LogP contribution in [0.15, 0.2) is 18.3 Å². The van der Waals surface area contributed by atoms with Crippen molar-refractivity contribution in [3.05, 3.63) is 29.6 Å². The lowest BCUT2D eigenvalue weighted by Gasteiger charge is -2.21. The fourth-order valence-corrected chi connectivity index (χ4v) is 1.70. The number of nitrogens with two attached hydrogens (primary N) is 1. The van der Waals surface area contributed by atoms with E-state index >= 15 is 0 Å². The number of carbonyl (C=O) groups is 1. The first-order valence-corrected chi connectivity index (χ1v) is 6.46. The van der Waals surface area contributed by atoms with Crippen LogP contribution in [0, 0.1) is 29.1 Å². The average Bonchev–Trinajstić information content (AvgIpc) is 2.49. The van der Waals surface area contributed by atoms with Crippen LogP contribution in [0.3, 0.4) is 0 Å². The maximum atomic E-state index is 12.5. The van der Waals surface area contributed by atoms with E-state index in [1.54, 1.807) is 30.2 Å². The van der Waals surface area contributed by atoms with Crippen molar-refractivity contribution >= 4 is 5.91 Å². The lowest BCUT2D eigenvalue weighted by atomic mass is 10.1. The molecule has 1 unspecified atom stereocenters. The molecule has 5 nitrogen and oxygen atoms in total. The molecule has 1 aromatic rings. The van der Waals surface area contributed by atoms with Crippen molar-refractivity contribution in [3.63, 3.8) is 0 Å². The van der Waals surface area contributed by atoms with Crippen LogP contribution in [-0.4, -0.2) is 35.4 Å². The van der Waals surface area contributed by atoms with Gasteiger partial charge in [0.05, 0.1) is 24.1 Å². The first-order chi connectivity index (χ1) is 9.63. The van der Waals surface area contributed by atoms with Gasteiger partial charge in [-0.25, -0.2) is 4.98 Å². The Hall–Kier alpha value is -2.37. The number of nitrogens with zero attached hydrogens (tertiary/aromatic N) is 3. The molecule has 0 saturated carbocycles. The van der Waals surface area contributed by atoms with Crippen LogP contribution in [-0.2, 0) is 0 Å². The highest BCUT2D eigenvalue weighted by molar-refractivity contribution is 5.94. The Kier molecular flexibility index (Phi) is 6.22. The third-order valence-electron chi connectivity index (χ3n) is 2.72. The van der Waals surface area contributed by atoms with Gasteiger partial charge in [-0.05, 0) is 26.0 Å². The topological polar surface area (TPSA) is 83.0 Å². The molecule has 2 N–H and O–H groups in total. The highest BCUT2D eigenvalue weighted by atomic mass is 16.2. The van der Waals surface area contributed by atoms with Crippen LogP contribution in [0.25, 0.3) is 0 Å². The highest BCUT2D eigenvalue weighted by Gasteiger charge is 2.20. The molecule has 0 aliphatic rings. The number of nitriles is 1. The van der Waals surface area contributed by atoms with Gasteiger partial charge in [0.2, 0.25) is 0 Å². The average molecular weight is 270 g/mol. The molecule has 0 aliphatic carbocycles. The van der Waals surface area contributed by atoms with Gasteiger partial charge in [0.25, 0.3) is 5.91 Å². The molecule has 0 aromatic carbocycles. The van der Waals surface area contributed by atoms with Crippen LogP contribution in [0.4, 0.5) is 0 Å². The number of hydrogen-bond donors (Lipinski definition) is 1. The van der Waals surface area contributed by atoms with E-state index in [-0.39, 0.29) is 18.4 Å². The molecule has 0 aliphatic heterocycles. The minimum atomic E-state index is -0.221. The summed E-state index contributed by atoms with van der Waals surface area (Å²) in [5, 5.41) is 8.86. The van der Waals surface area contributed by atoms with Gasteiger partial charge in [-0.3, -0.25) is 4.79 Å². The fraction of sp³-hybridized carbons (Fsp3) is 0.400. The molecule has 0 saturated heterocycles. The molecule has 1 heterocycles. The summed E-state index contributed by atoms with van der Waals surface area (Å²) in [5.41, 5.74) is 6.21. The molecule has 1 atom stereocenters. The molecule has 20 heavy (non-hydrogen) atoms. The first kappa shape index (κ1) is 15.7. The van der Waals surface area contributed by atoms with Crippen molar-refractivity contribution in [3.8, 4) is 17.9 Å². The maximum absolute atomic E-state index is 12.5. The standard InChI is InChI=1S/C15H18N4O/c1-3-19(11-12(2)10-17)15(20)14-13(6-4-8-16)7-5-9-18-14/h5,7,9,12H,3,8,11,16H2,1-2H3. The Morgan fingerprint density at radius 1 is 1.60 bits per heavy atom. The molecule has 1 rings (SSSR count). The fourth-order valence-electron chi connectivity index (χ4n) is 1.70. The van der Waals surface area contributed by atoms with E-state index in [1.807, 2.05) is 6.92 Å². The van der Waals surface area contributed by atoms with Crippen LogP contribution >= 0.6 is 0 Å². The van der Waals surface area contributed by atoms with E-state index in [9.17, 15) is 4.79 Å². The van der Waals surface area contributed by atoms with Gasteiger partial charge >= 0.3 is 0 Å². The van der Waals surface area contributed by atoms with Crippen LogP contribution < -0.4 is 5.73 Å². The second-order valence-electron chi connectivity index (χ2n) is 4.28. The highest BCUT2D eigenvalue weighted by Crippen LogP contribution is 2.09. The smallest absolute Gasteiger partial charge is 0.273 e. The summed E-state index contributed by atoms with van der Waals surface area (Å²) in [6.45, 7) is 4.78. The zero-order valence-corrected chi connectivity index (χ0v) is 11.8. The van der Waals surface area contributed by atoms with Gasteiger partial charge in [0.1, 0.15) is 5.69 Å². The van der Waals surface area contributed by atoms with E-state index in [1.165, 1.54) is 0 Å².